The molecule has 0 fully saturated rings. The van der Waals surface area contributed by atoms with E-state index in [4.69, 9.17) is 0 Å². The van der Waals surface area contributed by atoms with E-state index >= 15 is 0 Å². The molecular weight excluding hydrogens is 362 g/mol. The lowest BCUT2D eigenvalue weighted by molar-refractivity contribution is -0.113. The van der Waals surface area contributed by atoms with Gasteiger partial charge in [-0.25, -0.2) is 9.97 Å². The number of rotatable bonds is 6. The van der Waals surface area contributed by atoms with Crippen LogP contribution < -0.4 is 5.32 Å². The molecule has 0 unspecified atom stereocenters. The molecule has 1 N–H and O–H groups in total. The zero-order valence-electron chi connectivity index (χ0n) is 14.6. The van der Waals surface area contributed by atoms with Crippen LogP contribution in [0.1, 0.15) is 11.1 Å². The maximum Gasteiger partial charge on any atom is 0.234 e. The van der Waals surface area contributed by atoms with E-state index in [1.54, 1.807) is 24.2 Å². The SMILES string of the molecule is Cc1cccc(NC(=O)CSc2nccnc2Sc2cccc(C)c2)c1. The number of carbonyl (C=O) groups is 1. The van der Waals surface area contributed by atoms with Gasteiger partial charge in [-0.3, -0.25) is 4.79 Å². The highest BCUT2D eigenvalue weighted by atomic mass is 32.2. The van der Waals surface area contributed by atoms with Crippen molar-refractivity contribution in [3.63, 3.8) is 0 Å². The summed E-state index contributed by atoms with van der Waals surface area (Å²) in [5.74, 6) is 0.228. The average molecular weight is 382 g/mol. The highest BCUT2D eigenvalue weighted by molar-refractivity contribution is 8.02. The Kier molecular flexibility index (Phi) is 6.30. The second kappa shape index (κ2) is 8.87. The number of hydrogen-bond donors (Lipinski definition) is 1. The number of anilines is 1. The Bertz CT molecular complexity index is 915. The summed E-state index contributed by atoms with van der Waals surface area (Å²) in [7, 11) is 0. The van der Waals surface area contributed by atoms with Gasteiger partial charge in [-0.05, 0) is 43.7 Å². The Labute approximate surface area is 161 Å². The molecule has 0 saturated carbocycles. The summed E-state index contributed by atoms with van der Waals surface area (Å²) < 4.78 is 0. The molecule has 0 saturated heterocycles. The predicted octanol–water partition coefficient (Wildman–Crippen LogP) is 4.98. The summed E-state index contributed by atoms with van der Waals surface area (Å²) in [5, 5.41) is 4.49. The average Bonchev–Trinajstić information content (AvgIpc) is 2.61. The molecule has 132 valence electrons. The topological polar surface area (TPSA) is 54.9 Å². The molecule has 0 bridgehead atoms. The number of nitrogens with one attached hydrogen (secondary N) is 1. The number of amides is 1. The van der Waals surface area contributed by atoms with Crippen LogP contribution in [0.5, 0.6) is 0 Å². The van der Waals surface area contributed by atoms with E-state index in [1.807, 2.05) is 43.3 Å². The standard InChI is InChI=1S/C20H19N3OS2/c1-14-5-3-7-16(11-14)23-18(24)13-25-19-20(22-10-9-21-19)26-17-8-4-6-15(2)12-17/h3-12H,13H2,1-2H3,(H,23,24). The van der Waals surface area contributed by atoms with E-state index in [0.717, 1.165) is 26.2 Å². The van der Waals surface area contributed by atoms with Crippen molar-refractivity contribution < 1.29 is 4.79 Å². The molecular formula is C20H19N3OS2. The minimum atomic E-state index is -0.0576. The third-order valence-electron chi connectivity index (χ3n) is 3.48. The lowest BCUT2D eigenvalue weighted by Crippen LogP contribution is -2.14. The first kappa shape index (κ1) is 18.5. The Morgan fingerprint density at radius 3 is 2.38 bits per heavy atom. The normalized spacial score (nSPS) is 10.5. The van der Waals surface area contributed by atoms with Crippen LogP contribution in [0.15, 0.2) is 75.9 Å². The number of aromatic nitrogens is 2. The van der Waals surface area contributed by atoms with Gasteiger partial charge in [0.2, 0.25) is 5.91 Å². The van der Waals surface area contributed by atoms with Crippen molar-refractivity contribution in [2.45, 2.75) is 28.8 Å². The quantitative estimate of drug-likeness (QED) is 0.611. The van der Waals surface area contributed by atoms with Gasteiger partial charge in [0.15, 0.2) is 0 Å². The highest BCUT2D eigenvalue weighted by Gasteiger charge is 2.11. The Balaban J connectivity index is 1.64. The lowest BCUT2D eigenvalue weighted by atomic mass is 10.2. The minimum absolute atomic E-state index is 0.0576. The molecule has 0 atom stereocenters. The zero-order valence-corrected chi connectivity index (χ0v) is 16.2. The summed E-state index contributed by atoms with van der Waals surface area (Å²) in [5.41, 5.74) is 3.12. The third kappa shape index (κ3) is 5.34. The molecule has 4 nitrogen and oxygen atoms in total. The van der Waals surface area contributed by atoms with E-state index in [2.05, 4.69) is 34.3 Å². The van der Waals surface area contributed by atoms with Crippen LogP contribution >= 0.6 is 23.5 Å². The second-order valence-electron chi connectivity index (χ2n) is 5.79. The molecule has 6 heteroatoms. The summed E-state index contributed by atoms with van der Waals surface area (Å²) in [6.07, 6.45) is 3.33. The largest absolute Gasteiger partial charge is 0.325 e. The summed E-state index contributed by atoms with van der Waals surface area (Å²) in [6.45, 7) is 4.06. The van der Waals surface area contributed by atoms with Gasteiger partial charge in [0.05, 0.1) is 5.75 Å². The molecule has 0 aliphatic rings. The fourth-order valence-electron chi connectivity index (χ4n) is 2.33. The maximum atomic E-state index is 12.2. The number of hydrogen-bond acceptors (Lipinski definition) is 5. The molecule has 2 aromatic carbocycles. The van der Waals surface area contributed by atoms with E-state index < -0.39 is 0 Å². The molecule has 0 spiro atoms. The van der Waals surface area contributed by atoms with Crippen LogP contribution in [0.3, 0.4) is 0 Å². The molecule has 0 aliphatic carbocycles. The van der Waals surface area contributed by atoms with E-state index in [1.165, 1.54) is 17.3 Å². The molecule has 26 heavy (non-hydrogen) atoms. The number of aryl methyl sites for hydroxylation is 2. The van der Waals surface area contributed by atoms with Crippen molar-refractivity contribution in [1.82, 2.24) is 9.97 Å². The van der Waals surface area contributed by atoms with Gasteiger partial charge >= 0.3 is 0 Å². The number of benzene rings is 2. The lowest BCUT2D eigenvalue weighted by Gasteiger charge is -2.08. The summed E-state index contributed by atoms with van der Waals surface area (Å²) >= 11 is 2.96. The Hall–Kier alpha value is -2.31. The Morgan fingerprint density at radius 1 is 0.962 bits per heavy atom. The first-order valence-corrected chi connectivity index (χ1v) is 9.95. The molecule has 1 amide bonds. The smallest absolute Gasteiger partial charge is 0.234 e. The van der Waals surface area contributed by atoms with E-state index in [-0.39, 0.29) is 11.7 Å². The molecule has 3 rings (SSSR count). The number of carbonyl (C=O) groups excluding carboxylic acids is 1. The van der Waals surface area contributed by atoms with Crippen molar-refractivity contribution in [2.24, 2.45) is 0 Å². The van der Waals surface area contributed by atoms with Gasteiger partial charge in [0, 0.05) is 23.0 Å². The van der Waals surface area contributed by atoms with Crippen LogP contribution in [-0.4, -0.2) is 21.6 Å². The Morgan fingerprint density at radius 2 is 1.65 bits per heavy atom. The van der Waals surface area contributed by atoms with Crippen LogP contribution in [0.2, 0.25) is 0 Å². The van der Waals surface area contributed by atoms with Crippen LogP contribution in [0, 0.1) is 13.8 Å². The maximum absolute atomic E-state index is 12.2. The van der Waals surface area contributed by atoms with Crippen molar-refractivity contribution in [1.29, 1.82) is 0 Å². The fraction of sp³-hybridized carbons (Fsp3) is 0.150. The fourth-order valence-corrected chi connectivity index (χ4v) is 4.15. The van der Waals surface area contributed by atoms with Crippen molar-refractivity contribution in [2.75, 3.05) is 11.1 Å². The van der Waals surface area contributed by atoms with Gasteiger partial charge in [-0.2, -0.15) is 0 Å². The number of thioether (sulfide) groups is 1. The highest BCUT2D eigenvalue weighted by Crippen LogP contribution is 2.32. The van der Waals surface area contributed by atoms with Crippen molar-refractivity contribution in [3.8, 4) is 0 Å². The van der Waals surface area contributed by atoms with Crippen LogP contribution in [0.25, 0.3) is 0 Å². The monoisotopic (exact) mass is 381 g/mol. The van der Waals surface area contributed by atoms with Gasteiger partial charge in [0.25, 0.3) is 0 Å². The van der Waals surface area contributed by atoms with Crippen molar-refractivity contribution in [3.05, 3.63) is 72.1 Å². The molecule has 1 aromatic heterocycles. The van der Waals surface area contributed by atoms with Crippen LogP contribution in [-0.2, 0) is 4.79 Å². The zero-order chi connectivity index (χ0) is 18.4. The van der Waals surface area contributed by atoms with E-state index in [9.17, 15) is 4.79 Å². The van der Waals surface area contributed by atoms with Gasteiger partial charge in [0.1, 0.15) is 10.1 Å². The minimum Gasteiger partial charge on any atom is -0.325 e. The van der Waals surface area contributed by atoms with Crippen molar-refractivity contribution >= 4 is 35.1 Å². The molecule has 0 aliphatic heterocycles. The molecule has 0 radical (unpaired) electrons. The second-order valence-corrected chi connectivity index (χ2v) is 7.82. The molecule has 1 heterocycles. The first-order chi connectivity index (χ1) is 12.6. The summed E-state index contributed by atoms with van der Waals surface area (Å²) in [4.78, 5) is 22.1. The number of nitrogens with zero attached hydrogens (tertiary/aromatic N) is 2. The van der Waals surface area contributed by atoms with Gasteiger partial charge < -0.3 is 5.32 Å². The third-order valence-corrected chi connectivity index (χ3v) is 5.57. The van der Waals surface area contributed by atoms with Gasteiger partial charge in [-0.1, -0.05) is 53.4 Å². The van der Waals surface area contributed by atoms with Gasteiger partial charge in [-0.15, -0.1) is 0 Å². The van der Waals surface area contributed by atoms with Crippen LogP contribution in [0.4, 0.5) is 5.69 Å². The summed E-state index contributed by atoms with van der Waals surface area (Å²) in [6, 6.07) is 16.0. The predicted molar refractivity (Wildman–Crippen MR) is 108 cm³/mol. The van der Waals surface area contributed by atoms with E-state index in [0.29, 0.717) is 0 Å². The molecule has 3 aromatic rings. The first-order valence-electron chi connectivity index (χ1n) is 8.15.